The fourth-order valence-electron chi connectivity index (χ4n) is 2.66. The van der Waals surface area contributed by atoms with Gasteiger partial charge in [0.15, 0.2) is 0 Å². The summed E-state index contributed by atoms with van der Waals surface area (Å²) in [5.74, 6) is 0.173. The van der Waals surface area contributed by atoms with Crippen LogP contribution in [0.15, 0.2) is 6.07 Å². The molecule has 2 unspecified atom stereocenters. The molecule has 1 heterocycles. The number of aromatic nitrogens is 2. The highest BCUT2D eigenvalue weighted by Gasteiger charge is 2.26. The Labute approximate surface area is 120 Å². The lowest BCUT2D eigenvalue weighted by Crippen LogP contribution is -2.45. The van der Waals surface area contributed by atoms with Gasteiger partial charge in [-0.15, -0.1) is 0 Å². The van der Waals surface area contributed by atoms with Crippen LogP contribution >= 0.6 is 0 Å². The van der Waals surface area contributed by atoms with Crippen molar-refractivity contribution >= 4 is 5.91 Å². The average molecular weight is 279 g/mol. The van der Waals surface area contributed by atoms with Crippen LogP contribution in [0.2, 0.25) is 0 Å². The molecule has 0 radical (unpaired) electrons. The second-order valence-corrected chi connectivity index (χ2v) is 5.86. The first-order valence-corrected chi connectivity index (χ1v) is 7.59. The zero-order chi connectivity index (χ0) is 14.7. The van der Waals surface area contributed by atoms with Gasteiger partial charge in [0, 0.05) is 6.54 Å². The van der Waals surface area contributed by atoms with E-state index in [1.165, 1.54) is 0 Å². The minimum absolute atomic E-state index is 0.126. The number of aliphatic hydroxyl groups excluding tert-OH is 1. The minimum Gasteiger partial charge on any atom is -0.391 e. The van der Waals surface area contributed by atoms with Gasteiger partial charge in [-0.1, -0.05) is 26.7 Å². The number of hydrogen-bond acceptors (Lipinski definition) is 3. The topological polar surface area (TPSA) is 67.2 Å². The Balaban J connectivity index is 2.11. The van der Waals surface area contributed by atoms with Crippen molar-refractivity contribution in [2.75, 3.05) is 0 Å². The molecule has 0 saturated heterocycles. The molecule has 1 fully saturated rings. The predicted octanol–water partition coefficient (Wildman–Crippen LogP) is 2.06. The molecule has 20 heavy (non-hydrogen) atoms. The first kappa shape index (κ1) is 15.0. The van der Waals surface area contributed by atoms with Crippen LogP contribution in [0.3, 0.4) is 0 Å². The van der Waals surface area contributed by atoms with Crippen LogP contribution in [0, 0.1) is 0 Å². The summed E-state index contributed by atoms with van der Waals surface area (Å²) in [6, 6.07) is 1.73. The van der Waals surface area contributed by atoms with Gasteiger partial charge in [-0.3, -0.25) is 9.48 Å². The van der Waals surface area contributed by atoms with E-state index in [-0.39, 0.29) is 11.9 Å². The van der Waals surface area contributed by atoms with E-state index in [9.17, 15) is 9.90 Å². The molecule has 1 saturated carbocycles. The van der Waals surface area contributed by atoms with E-state index >= 15 is 0 Å². The summed E-state index contributed by atoms with van der Waals surface area (Å²) in [7, 11) is 0. The van der Waals surface area contributed by atoms with Crippen LogP contribution in [0.1, 0.15) is 68.6 Å². The van der Waals surface area contributed by atoms with Crippen LogP contribution in [0.4, 0.5) is 0 Å². The molecule has 112 valence electrons. The lowest BCUT2D eigenvalue weighted by molar-refractivity contribution is 0.0710. The Morgan fingerprint density at radius 1 is 1.50 bits per heavy atom. The number of rotatable bonds is 4. The standard InChI is InChI=1S/C15H25N3O2/c1-4-18-13(9-12(17-18)10(2)3)15(20)16-11-7-5-6-8-14(11)19/h9-11,14,19H,4-8H2,1-3H3,(H,16,20). The number of aliphatic hydroxyl groups is 1. The van der Waals surface area contributed by atoms with Crippen molar-refractivity contribution < 1.29 is 9.90 Å². The van der Waals surface area contributed by atoms with Gasteiger partial charge in [-0.05, 0) is 31.7 Å². The molecule has 2 atom stereocenters. The van der Waals surface area contributed by atoms with Crippen LogP contribution in [0.5, 0.6) is 0 Å². The van der Waals surface area contributed by atoms with Gasteiger partial charge in [0.05, 0.1) is 17.8 Å². The molecule has 0 bridgehead atoms. The van der Waals surface area contributed by atoms with Crippen molar-refractivity contribution in [3.63, 3.8) is 0 Å². The second kappa shape index (κ2) is 6.39. The first-order valence-electron chi connectivity index (χ1n) is 7.59. The van der Waals surface area contributed by atoms with E-state index in [4.69, 9.17) is 0 Å². The van der Waals surface area contributed by atoms with E-state index in [1.807, 2.05) is 13.0 Å². The maximum Gasteiger partial charge on any atom is 0.269 e. The van der Waals surface area contributed by atoms with Crippen LogP contribution in [-0.2, 0) is 6.54 Å². The zero-order valence-electron chi connectivity index (χ0n) is 12.6. The molecule has 5 nitrogen and oxygen atoms in total. The Bertz CT molecular complexity index is 468. The number of amides is 1. The van der Waals surface area contributed by atoms with Gasteiger partial charge in [-0.25, -0.2) is 0 Å². The summed E-state index contributed by atoms with van der Waals surface area (Å²) >= 11 is 0. The van der Waals surface area contributed by atoms with Crippen molar-refractivity contribution in [1.29, 1.82) is 0 Å². The number of carbonyl (C=O) groups excluding carboxylic acids is 1. The van der Waals surface area contributed by atoms with E-state index in [0.29, 0.717) is 18.2 Å². The van der Waals surface area contributed by atoms with Crippen molar-refractivity contribution in [2.45, 2.75) is 71.1 Å². The first-order chi connectivity index (χ1) is 9.52. The Kier molecular flexibility index (Phi) is 4.81. The number of nitrogens with zero attached hydrogens (tertiary/aromatic N) is 2. The molecule has 5 heteroatoms. The molecule has 1 aromatic heterocycles. The summed E-state index contributed by atoms with van der Waals surface area (Å²) in [6.07, 6.45) is 3.30. The van der Waals surface area contributed by atoms with Gasteiger partial charge in [0.1, 0.15) is 5.69 Å². The third kappa shape index (κ3) is 3.20. The summed E-state index contributed by atoms with van der Waals surface area (Å²) < 4.78 is 1.74. The van der Waals surface area contributed by atoms with Gasteiger partial charge >= 0.3 is 0 Å². The van der Waals surface area contributed by atoms with Crippen molar-refractivity contribution in [3.8, 4) is 0 Å². The predicted molar refractivity (Wildman–Crippen MR) is 77.7 cm³/mol. The second-order valence-electron chi connectivity index (χ2n) is 5.86. The summed E-state index contributed by atoms with van der Waals surface area (Å²) in [4.78, 5) is 12.4. The van der Waals surface area contributed by atoms with Crippen LogP contribution in [-0.4, -0.2) is 32.9 Å². The monoisotopic (exact) mass is 279 g/mol. The molecule has 0 spiro atoms. The summed E-state index contributed by atoms with van der Waals surface area (Å²) in [5, 5.41) is 17.4. The molecule has 1 aromatic rings. The van der Waals surface area contributed by atoms with Crippen molar-refractivity contribution in [2.24, 2.45) is 0 Å². The van der Waals surface area contributed by atoms with Crippen LogP contribution in [0.25, 0.3) is 0 Å². The molecule has 2 N–H and O–H groups in total. The molecular weight excluding hydrogens is 254 g/mol. The smallest absolute Gasteiger partial charge is 0.269 e. The molecule has 0 aliphatic heterocycles. The third-order valence-corrected chi connectivity index (χ3v) is 3.97. The fraction of sp³-hybridized carbons (Fsp3) is 0.733. The van der Waals surface area contributed by atoms with E-state index < -0.39 is 6.10 Å². The molecule has 1 amide bonds. The highest BCUT2D eigenvalue weighted by molar-refractivity contribution is 5.93. The highest BCUT2D eigenvalue weighted by atomic mass is 16.3. The average Bonchev–Trinajstić information content (AvgIpc) is 2.85. The van der Waals surface area contributed by atoms with E-state index in [1.54, 1.807) is 4.68 Å². The third-order valence-electron chi connectivity index (χ3n) is 3.97. The fourth-order valence-corrected chi connectivity index (χ4v) is 2.66. The van der Waals surface area contributed by atoms with Gasteiger partial charge < -0.3 is 10.4 Å². The molecule has 1 aliphatic carbocycles. The largest absolute Gasteiger partial charge is 0.391 e. The van der Waals surface area contributed by atoms with E-state index in [0.717, 1.165) is 31.4 Å². The van der Waals surface area contributed by atoms with Gasteiger partial charge in [0.2, 0.25) is 0 Å². The van der Waals surface area contributed by atoms with Crippen molar-refractivity contribution in [1.82, 2.24) is 15.1 Å². The Morgan fingerprint density at radius 3 is 2.80 bits per heavy atom. The SMILES string of the molecule is CCn1nc(C(C)C)cc1C(=O)NC1CCCCC1O. The summed E-state index contributed by atoms with van der Waals surface area (Å²) in [5.41, 5.74) is 1.52. The normalized spacial score (nSPS) is 23.1. The Morgan fingerprint density at radius 2 is 2.20 bits per heavy atom. The van der Waals surface area contributed by atoms with Crippen molar-refractivity contribution in [3.05, 3.63) is 17.5 Å². The van der Waals surface area contributed by atoms with Gasteiger partial charge in [0.25, 0.3) is 5.91 Å². The van der Waals surface area contributed by atoms with Gasteiger partial charge in [-0.2, -0.15) is 5.10 Å². The highest BCUT2D eigenvalue weighted by Crippen LogP contribution is 2.19. The quantitative estimate of drug-likeness (QED) is 0.886. The zero-order valence-corrected chi connectivity index (χ0v) is 12.6. The van der Waals surface area contributed by atoms with Crippen LogP contribution < -0.4 is 5.32 Å². The number of carbonyl (C=O) groups is 1. The lowest BCUT2D eigenvalue weighted by Gasteiger charge is -2.28. The minimum atomic E-state index is -0.421. The Hall–Kier alpha value is -1.36. The molecule has 2 rings (SSSR count). The number of nitrogens with one attached hydrogen (secondary N) is 1. The summed E-state index contributed by atoms with van der Waals surface area (Å²) in [6.45, 7) is 6.77. The lowest BCUT2D eigenvalue weighted by atomic mass is 9.92. The maximum atomic E-state index is 12.4. The number of hydrogen-bond donors (Lipinski definition) is 2. The molecular formula is C15H25N3O2. The van der Waals surface area contributed by atoms with E-state index in [2.05, 4.69) is 24.3 Å². The molecule has 0 aromatic carbocycles. The number of aryl methyl sites for hydroxylation is 1. The molecule has 1 aliphatic rings. The maximum absolute atomic E-state index is 12.4.